The molecule has 1 saturated heterocycles. The molecule has 0 saturated carbocycles. The van der Waals surface area contributed by atoms with Crippen molar-refractivity contribution in [2.45, 2.75) is 12.8 Å². The molecule has 3 aromatic rings. The molecule has 0 spiro atoms. The number of nitrogens with one attached hydrogen (secondary N) is 1. The molecular weight excluding hydrogens is 395 g/mol. The number of hydrogen-bond acceptors (Lipinski definition) is 8. The van der Waals surface area contributed by atoms with Gasteiger partial charge in [0.1, 0.15) is 12.7 Å². The second-order valence-corrected chi connectivity index (χ2v) is 6.79. The van der Waals surface area contributed by atoms with Crippen LogP contribution < -0.4 is 10.2 Å². The molecule has 1 aliphatic heterocycles. The zero-order chi connectivity index (χ0) is 21.1. The lowest BCUT2D eigenvalue weighted by molar-refractivity contribution is -0.387. The summed E-state index contributed by atoms with van der Waals surface area (Å²) in [4.78, 5) is 28.5. The second-order valence-electron chi connectivity index (χ2n) is 6.79. The lowest BCUT2D eigenvalue weighted by atomic mass is 9.97. The Labute approximate surface area is 169 Å². The van der Waals surface area contributed by atoms with E-state index in [4.69, 9.17) is 0 Å². The molecule has 3 heterocycles. The maximum Gasteiger partial charge on any atom is 0.306 e. The number of hydrogen-bond donors (Lipinski definition) is 1. The van der Waals surface area contributed by atoms with E-state index in [1.54, 1.807) is 12.1 Å². The zero-order valence-corrected chi connectivity index (χ0v) is 15.7. The third-order valence-corrected chi connectivity index (χ3v) is 4.82. The summed E-state index contributed by atoms with van der Waals surface area (Å²) >= 11 is 0. The summed E-state index contributed by atoms with van der Waals surface area (Å²) in [6, 6.07) is 6.84. The summed E-state index contributed by atoms with van der Waals surface area (Å²) in [5.74, 6) is -0.420. The molecule has 1 atom stereocenters. The molecule has 12 heteroatoms. The Kier molecular flexibility index (Phi) is 5.28. The van der Waals surface area contributed by atoms with Gasteiger partial charge in [-0.3, -0.25) is 14.9 Å². The molecule has 2 aromatic heterocycles. The monoisotopic (exact) mass is 412 g/mol. The highest BCUT2D eigenvalue weighted by molar-refractivity contribution is 5.93. The molecule has 1 N–H and O–H groups in total. The van der Waals surface area contributed by atoms with Gasteiger partial charge in [0.2, 0.25) is 11.7 Å². The van der Waals surface area contributed by atoms with Crippen LogP contribution in [0.4, 0.5) is 21.6 Å². The molecule has 0 bridgehead atoms. The highest BCUT2D eigenvalue weighted by Crippen LogP contribution is 2.25. The van der Waals surface area contributed by atoms with Crippen LogP contribution in [-0.4, -0.2) is 48.9 Å². The van der Waals surface area contributed by atoms with Gasteiger partial charge in [-0.15, -0.1) is 10.2 Å². The summed E-state index contributed by atoms with van der Waals surface area (Å²) < 4.78 is 15.0. The molecule has 30 heavy (non-hydrogen) atoms. The molecule has 1 amide bonds. The molecule has 154 valence electrons. The van der Waals surface area contributed by atoms with Crippen molar-refractivity contribution in [3.05, 3.63) is 58.9 Å². The summed E-state index contributed by atoms with van der Waals surface area (Å²) in [6.45, 7) is 1.15. The van der Waals surface area contributed by atoms with Crippen LogP contribution >= 0.6 is 0 Å². The van der Waals surface area contributed by atoms with E-state index in [-0.39, 0.29) is 17.5 Å². The Bertz CT molecular complexity index is 1060. The van der Waals surface area contributed by atoms with Gasteiger partial charge < -0.3 is 10.2 Å². The predicted molar refractivity (Wildman–Crippen MR) is 104 cm³/mol. The third-order valence-electron chi connectivity index (χ3n) is 4.82. The normalized spacial score (nSPS) is 16.3. The van der Waals surface area contributed by atoms with Gasteiger partial charge in [-0.2, -0.15) is 9.49 Å². The average Bonchev–Trinajstić information content (AvgIpc) is 3.30. The van der Waals surface area contributed by atoms with E-state index < -0.39 is 16.4 Å². The summed E-state index contributed by atoms with van der Waals surface area (Å²) in [5.41, 5.74) is -0.497. The second kappa shape index (κ2) is 8.19. The van der Waals surface area contributed by atoms with Crippen LogP contribution in [0.2, 0.25) is 0 Å². The number of carbonyl (C=O) groups excluding carboxylic acids is 1. The van der Waals surface area contributed by atoms with Crippen molar-refractivity contribution in [2.24, 2.45) is 5.92 Å². The number of carbonyl (C=O) groups is 1. The van der Waals surface area contributed by atoms with Crippen molar-refractivity contribution in [3.8, 4) is 5.82 Å². The Morgan fingerprint density at radius 3 is 2.73 bits per heavy atom. The first kappa shape index (κ1) is 19.4. The minimum absolute atomic E-state index is 0.183. The number of rotatable bonds is 5. The van der Waals surface area contributed by atoms with Crippen molar-refractivity contribution in [3.63, 3.8) is 0 Å². The van der Waals surface area contributed by atoms with Crippen molar-refractivity contribution < 1.29 is 14.1 Å². The maximum atomic E-state index is 13.5. The number of nitro groups is 1. The highest BCUT2D eigenvalue weighted by atomic mass is 19.1. The van der Waals surface area contributed by atoms with Gasteiger partial charge in [0, 0.05) is 24.8 Å². The standard InChI is InChI=1S/C18H17FN8O3/c19-14-4-3-13(8-15(14)27(29)30)22-18(28)12-2-1-7-25(9-12)16-5-6-17(24-23-16)26-11-20-10-21-26/h3-6,8,10-12H,1-2,7,9H2,(H,22,28). The average molecular weight is 412 g/mol. The number of anilines is 2. The molecule has 0 radical (unpaired) electrons. The van der Waals surface area contributed by atoms with Crippen LogP contribution in [0, 0.1) is 21.8 Å². The van der Waals surface area contributed by atoms with Crippen LogP contribution in [-0.2, 0) is 4.79 Å². The Balaban J connectivity index is 1.43. The van der Waals surface area contributed by atoms with Gasteiger partial charge in [0.25, 0.3) is 0 Å². The van der Waals surface area contributed by atoms with Gasteiger partial charge in [-0.05, 0) is 37.1 Å². The molecule has 0 aliphatic carbocycles. The number of nitro benzene ring substituents is 1. The van der Waals surface area contributed by atoms with E-state index in [0.717, 1.165) is 25.1 Å². The van der Waals surface area contributed by atoms with E-state index in [1.807, 2.05) is 4.90 Å². The fourth-order valence-corrected chi connectivity index (χ4v) is 3.31. The largest absolute Gasteiger partial charge is 0.354 e. The van der Waals surface area contributed by atoms with Gasteiger partial charge >= 0.3 is 5.69 Å². The zero-order valence-electron chi connectivity index (χ0n) is 15.7. The number of aromatic nitrogens is 5. The van der Waals surface area contributed by atoms with Crippen molar-refractivity contribution in [1.82, 2.24) is 25.0 Å². The van der Waals surface area contributed by atoms with Crippen LogP contribution in [0.1, 0.15) is 12.8 Å². The number of amides is 1. The molecule has 11 nitrogen and oxygen atoms in total. The fraction of sp³-hybridized carbons (Fsp3) is 0.278. The first-order valence-corrected chi connectivity index (χ1v) is 9.20. The first-order valence-electron chi connectivity index (χ1n) is 9.20. The van der Waals surface area contributed by atoms with E-state index in [9.17, 15) is 19.3 Å². The summed E-state index contributed by atoms with van der Waals surface area (Å²) in [5, 5.41) is 25.9. The fourth-order valence-electron chi connectivity index (χ4n) is 3.31. The van der Waals surface area contributed by atoms with Crippen molar-refractivity contribution in [1.29, 1.82) is 0 Å². The Morgan fingerprint density at radius 1 is 1.23 bits per heavy atom. The molecule has 1 fully saturated rings. The van der Waals surface area contributed by atoms with Crippen LogP contribution in [0.5, 0.6) is 0 Å². The Hall–Kier alpha value is -3.96. The van der Waals surface area contributed by atoms with Gasteiger partial charge in [0.05, 0.1) is 10.8 Å². The number of halogens is 1. The Morgan fingerprint density at radius 2 is 2.03 bits per heavy atom. The smallest absolute Gasteiger partial charge is 0.306 e. The number of benzene rings is 1. The SMILES string of the molecule is O=C(Nc1ccc(F)c([N+](=O)[O-])c1)C1CCCN(c2ccc(-n3cncn3)nn2)C1. The van der Waals surface area contributed by atoms with Crippen LogP contribution in [0.15, 0.2) is 43.0 Å². The van der Waals surface area contributed by atoms with Crippen molar-refractivity contribution in [2.75, 3.05) is 23.3 Å². The minimum atomic E-state index is -0.949. The lowest BCUT2D eigenvalue weighted by Crippen LogP contribution is -2.41. The van der Waals surface area contributed by atoms with Gasteiger partial charge in [-0.25, -0.2) is 9.67 Å². The van der Waals surface area contributed by atoms with Crippen molar-refractivity contribution >= 4 is 23.1 Å². The van der Waals surface area contributed by atoms with Crippen LogP contribution in [0.25, 0.3) is 5.82 Å². The van der Waals surface area contributed by atoms with E-state index in [2.05, 4.69) is 25.6 Å². The molecule has 1 unspecified atom stereocenters. The van der Waals surface area contributed by atoms with E-state index in [1.165, 1.54) is 23.4 Å². The summed E-state index contributed by atoms with van der Waals surface area (Å²) in [7, 11) is 0. The van der Waals surface area contributed by atoms with Gasteiger partial charge in [-0.1, -0.05) is 0 Å². The number of nitrogens with zero attached hydrogens (tertiary/aromatic N) is 7. The molecular formula is C18H17FN8O3. The lowest BCUT2D eigenvalue weighted by Gasteiger charge is -2.32. The first-order chi connectivity index (χ1) is 14.5. The molecule has 1 aliphatic rings. The highest BCUT2D eigenvalue weighted by Gasteiger charge is 2.27. The molecule has 4 rings (SSSR count). The minimum Gasteiger partial charge on any atom is -0.354 e. The van der Waals surface area contributed by atoms with E-state index in [0.29, 0.717) is 24.6 Å². The third kappa shape index (κ3) is 4.06. The van der Waals surface area contributed by atoms with Crippen LogP contribution in [0.3, 0.4) is 0 Å². The summed E-state index contributed by atoms with van der Waals surface area (Å²) in [6.07, 6.45) is 4.36. The van der Waals surface area contributed by atoms with Gasteiger partial charge in [0.15, 0.2) is 11.6 Å². The topological polar surface area (TPSA) is 132 Å². The van der Waals surface area contributed by atoms with E-state index >= 15 is 0 Å². The predicted octanol–water partition coefficient (Wildman–Crippen LogP) is 1.96. The maximum absolute atomic E-state index is 13.5. The number of piperidine rings is 1. The quantitative estimate of drug-likeness (QED) is 0.497. The molecule has 1 aromatic carbocycles.